The minimum absolute atomic E-state index is 0.205. The Hall–Kier alpha value is -3.26. The van der Waals surface area contributed by atoms with Crippen molar-refractivity contribution < 1.29 is 24.2 Å². The fraction of sp³-hybridized carbons (Fsp3) is 0.375. The number of ether oxygens (including phenoxy) is 2. The van der Waals surface area contributed by atoms with Gasteiger partial charge in [-0.3, -0.25) is 4.79 Å². The number of amides is 1. The first-order chi connectivity index (χ1) is 15.6. The zero-order chi connectivity index (χ0) is 23.8. The second-order valence-electron chi connectivity index (χ2n) is 9.02. The van der Waals surface area contributed by atoms with Crippen molar-refractivity contribution in [1.82, 2.24) is 9.80 Å². The molecule has 2 aromatic carbocycles. The van der Waals surface area contributed by atoms with Crippen LogP contribution >= 0.6 is 11.6 Å². The third kappa shape index (κ3) is 5.22. The molecule has 2 aliphatic rings. The third-order valence-electron chi connectivity index (χ3n) is 5.32. The Morgan fingerprint density at radius 2 is 1.94 bits per heavy atom. The van der Waals surface area contributed by atoms with Crippen LogP contribution in [0.3, 0.4) is 0 Å². The van der Waals surface area contributed by atoms with Gasteiger partial charge in [-0.05, 0) is 51.1 Å². The first kappa shape index (κ1) is 22.9. The van der Waals surface area contributed by atoms with Crippen LogP contribution in [-0.2, 0) is 9.53 Å². The van der Waals surface area contributed by atoms with E-state index in [0.717, 1.165) is 5.56 Å². The second kappa shape index (κ2) is 8.94. The molecule has 0 bridgehead atoms. The van der Waals surface area contributed by atoms with Crippen LogP contribution in [0.4, 0.5) is 10.5 Å². The average molecular weight is 472 g/mol. The minimum Gasteiger partial charge on any atom is -0.481 e. The standard InChI is InChI=1S/C24H26ClN3O5/c1-24(2,3)33-23(31)28-11-10-27(14-16(28)13-21(29)30)22-17-6-4-5-7-19(17)32-20-9-8-15(25)12-18(20)26-22/h4-9,12,16H,10-11,13-14H2,1-3H3,(H,29,30)/t16-/m0/s1. The van der Waals surface area contributed by atoms with Gasteiger partial charge in [-0.1, -0.05) is 23.7 Å². The number of halogens is 1. The number of benzene rings is 2. The molecule has 0 unspecified atom stereocenters. The van der Waals surface area contributed by atoms with Crippen LogP contribution in [0.2, 0.25) is 5.02 Å². The van der Waals surface area contributed by atoms with E-state index in [1.54, 1.807) is 39.0 Å². The Kier molecular flexibility index (Phi) is 6.21. The van der Waals surface area contributed by atoms with Crippen molar-refractivity contribution in [2.75, 3.05) is 19.6 Å². The van der Waals surface area contributed by atoms with Crippen molar-refractivity contribution in [1.29, 1.82) is 0 Å². The highest BCUT2D eigenvalue weighted by Gasteiger charge is 2.36. The molecule has 0 aromatic heterocycles. The molecule has 2 aliphatic heterocycles. The summed E-state index contributed by atoms with van der Waals surface area (Å²) in [7, 11) is 0. The van der Waals surface area contributed by atoms with Crippen molar-refractivity contribution in [2.24, 2.45) is 4.99 Å². The van der Waals surface area contributed by atoms with E-state index in [1.807, 2.05) is 29.2 Å². The molecule has 1 atom stereocenters. The molecule has 8 nitrogen and oxygen atoms in total. The fourth-order valence-corrected chi connectivity index (χ4v) is 4.09. The summed E-state index contributed by atoms with van der Waals surface area (Å²) in [4.78, 5) is 32.7. The van der Waals surface area contributed by atoms with Gasteiger partial charge in [0.1, 0.15) is 22.9 Å². The lowest BCUT2D eigenvalue weighted by Gasteiger charge is -2.42. The Morgan fingerprint density at radius 3 is 2.67 bits per heavy atom. The van der Waals surface area contributed by atoms with Crippen LogP contribution in [0.5, 0.6) is 11.5 Å². The number of carbonyl (C=O) groups is 2. The van der Waals surface area contributed by atoms with E-state index >= 15 is 0 Å². The lowest BCUT2D eigenvalue weighted by atomic mass is 10.1. The van der Waals surface area contributed by atoms with Gasteiger partial charge in [-0.25, -0.2) is 9.79 Å². The maximum atomic E-state index is 12.8. The van der Waals surface area contributed by atoms with Crippen LogP contribution in [0.25, 0.3) is 0 Å². The normalized spacial score (nSPS) is 17.8. The van der Waals surface area contributed by atoms with Crippen molar-refractivity contribution in [2.45, 2.75) is 38.8 Å². The third-order valence-corrected chi connectivity index (χ3v) is 5.55. The number of fused-ring (bicyclic) bond motifs is 2. The summed E-state index contributed by atoms with van der Waals surface area (Å²) in [5.74, 6) is 0.878. The quantitative estimate of drug-likeness (QED) is 0.668. The van der Waals surface area contributed by atoms with Gasteiger partial charge in [-0.15, -0.1) is 0 Å². The molecular weight excluding hydrogens is 446 g/mol. The highest BCUT2D eigenvalue weighted by atomic mass is 35.5. The van der Waals surface area contributed by atoms with Gasteiger partial charge in [0.15, 0.2) is 5.75 Å². The molecule has 2 aromatic rings. The molecule has 174 valence electrons. The number of hydrogen-bond donors (Lipinski definition) is 1. The van der Waals surface area contributed by atoms with E-state index in [9.17, 15) is 14.7 Å². The number of amidine groups is 1. The van der Waals surface area contributed by atoms with Crippen molar-refractivity contribution >= 4 is 35.2 Å². The lowest BCUT2D eigenvalue weighted by molar-refractivity contribution is -0.138. The van der Waals surface area contributed by atoms with E-state index < -0.39 is 23.7 Å². The number of hydrogen-bond acceptors (Lipinski definition) is 6. The average Bonchev–Trinajstić information content (AvgIpc) is 2.88. The molecule has 1 amide bonds. The van der Waals surface area contributed by atoms with Gasteiger partial charge in [0.25, 0.3) is 0 Å². The zero-order valence-electron chi connectivity index (χ0n) is 18.7. The maximum absolute atomic E-state index is 12.8. The Bertz CT molecular complexity index is 1110. The second-order valence-corrected chi connectivity index (χ2v) is 9.45. The molecule has 2 heterocycles. The smallest absolute Gasteiger partial charge is 0.410 e. The number of carboxylic acids is 1. The molecular formula is C24H26ClN3O5. The van der Waals surface area contributed by atoms with E-state index in [-0.39, 0.29) is 13.0 Å². The number of aliphatic carboxylic acids is 1. The summed E-state index contributed by atoms with van der Waals surface area (Å²) in [5, 5.41) is 10.0. The summed E-state index contributed by atoms with van der Waals surface area (Å²) in [6.45, 7) is 6.40. The van der Waals surface area contributed by atoms with Gasteiger partial charge < -0.3 is 24.4 Å². The van der Waals surface area contributed by atoms with E-state index in [2.05, 4.69) is 0 Å². The Morgan fingerprint density at radius 1 is 1.18 bits per heavy atom. The number of rotatable bonds is 2. The highest BCUT2D eigenvalue weighted by molar-refractivity contribution is 6.31. The summed E-state index contributed by atoms with van der Waals surface area (Å²) in [5.41, 5.74) is 0.690. The molecule has 33 heavy (non-hydrogen) atoms. The van der Waals surface area contributed by atoms with Crippen LogP contribution in [0.1, 0.15) is 32.8 Å². The monoisotopic (exact) mass is 471 g/mol. The zero-order valence-corrected chi connectivity index (χ0v) is 19.5. The fourth-order valence-electron chi connectivity index (χ4n) is 3.92. The van der Waals surface area contributed by atoms with Crippen LogP contribution in [-0.4, -0.2) is 64.1 Å². The molecule has 0 aliphatic carbocycles. The molecule has 0 saturated carbocycles. The van der Waals surface area contributed by atoms with Crippen LogP contribution in [0.15, 0.2) is 47.5 Å². The summed E-state index contributed by atoms with van der Waals surface area (Å²) in [6.07, 6.45) is -0.721. The number of piperazine rings is 1. The van der Waals surface area contributed by atoms with E-state index in [0.29, 0.717) is 41.1 Å². The van der Waals surface area contributed by atoms with Gasteiger partial charge in [0, 0.05) is 24.7 Å². The summed E-state index contributed by atoms with van der Waals surface area (Å²) < 4.78 is 11.6. The van der Waals surface area contributed by atoms with Gasteiger partial charge in [0.2, 0.25) is 0 Å². The Labute approximate surface area is 197 Å². The lowest BCUT2D eigenvalue weighted by Crippen LogP contribution is -2.58. The van der Waals surface area contributed by atoms with Gasteiger partial charge in [-0.2, -0.15) is 0 Å². The molecule has 0 radical (unpaired) electrons. The predicted molar refractivity (Wildman–Crippen MR) is 125 cm³/mol. The van der Waals surface area contributed by atoms with E-state index in [1.165, 1.54) is 4.90 Å². The van der Waals surface area contributed by atoms with Crippen molar-refractivity contribution in [3.63, 3.8) is 0 Å². The maximum Gasteiger partial charge on any atom is 0.410 e. The molecule has 9 heteroatoms. The summed E-state index contributed by atoms with van der Waals surface area (Å²) >= 11 is 6.20. The largest absolute Gasteiger partial charge is 0.481 e. The predicted octanol–water partition coefficient (Wildman–Crippen LogP) is 4.92. The molecule has 1 N–H and O–H groups in total. The first-order valence-electron chi connectivity index (χ1n) is 10.7. The number of carboxylic acid groups (broad SMARTS) is 1. The number of aliphatic imine (C=N–C) groups is 1. The molecule has 1 fully saturated rings. The number of carbonyl (C=O) groups excluding carboxylic acids is 1. The SMILES string of the molecule is CC(C)(C)OC(=O)N1CCN(C2=Nc3cc(Cl)ccc3Oc3ccccc32)C[C@@H]1CC(=O)O. The number of nitrogens with zero attached hydrogens (tertiary/aromatic N) is 3. The van der Waals surface area contributed by atoms with Crippen LogP contribution in [0, 0.1) is 0 Å². The topological polar surface area (TPSA) is 91.7 Å². The molecule has 4 rings (SSSR count). The van der Waals surface area contributed by atoms with Crippen molar-refractivity contribution in [3.8, 4) is 11.5 Å². The van der Waals surface area contributed by atoms with Crippen molar-refractivity contribution in [3.05, 3.63) is 53.1 Å². The highest BCUT2D eigenvalue weighted by Crippen LogP contribution is 2.39. The Balaban J connectivity index is 1.69. The van der Waals surface area contributed by atoms with Gasteiger partial charge >= 0.3 is 12.1 Å². The van der Waals surface area contributed by atoms with Crippen LogP contribution < -0.4 is 4.74 Å². The molecule has 0 spiro atoms. The molecule has 1 saturated heterocycles. The minimum atomic E-state index is -0.987. The first-order valence-corrected chi connectivity index (χ1v) is 11.1. The number of para-hydroxylation sites is 1. The van der Waals surface area contributed by atoms with E-state index in [4.69, 9.17) is 26.1 Å². The van der Waals surface area contributed by atoms with Gasteiger partial charge in [0.05, 0.1) is 18.0 Å². The summed E-state index contributed by atoms with van der Waals surface area (Å²) in [6, 6.07) is 12.2.